The van der Waals surface area contributed by atoms with Crippen molar-refractivity contribution in [1.82, 2.24) is 15.1 Å². The zero-order valence-corrected chi connectivity index (χ0v) is 15.6. The van der Waals surface area contributed by atoms with Crippen LogP contribution in [-0.2, 0) is 6.42 Å². The topological polar surface area (TPSA) is 71.3 Å². The second kappa shape index (κ2) is 8.38. The lowest BCUT2D eigenvalue weighted by atomic mass is 9.98. The standard InChI is InChI=1S/C21H20F2N4O2/c22-16-5-3-14(4-6-16)12-19-25-26-20(29-19)15-2-1-11-27(13-15)21(28)24-18-9-7-17(23)8-10-18/h3-10,15H,1-2,11-13H2,(H,24,28). The first-order valence-corrected chi connectivity index (χ1v) is 9.45. The maximum absolute atomic E-state index is 13.0. The highest BCUT2D eigenvalue weighted by molar-refractivity contribution is 5.89. The summed E-state index contributed by atoms with van der Waals surface area (Å²) >= 11 is 0. The molecule has 0 spiro atoms. The van der Waals surface area contributed by atoms with Crippen LogP contribution >= 0.6 is 0 Å². The van der Waals surface area contributed by atoms with Gasteiger partial charge in [-0.3, -0.25) is 0 Å². The molecule has 4 rings (SSSR count). The molecule has 1 aliphatic rings. The normalized spacial score (nSPS) is 16.6. The van der Waals surface area contributed by atoms with E-state index in [1.54, 1.807) is 17.0 Å². The predicted octanol–water partition coefficient (Wildman–Crippen LogP) is 4.35. The Bertz CT molecular complexity index is 973. The summed E-state index contributed by atoms with van der Waals surface area (Å²) in [4.78, 5) is 14.2. The molecule has 150 valence electrons. The van der Waals surface area contributed by atoms with Crippen molar-refractivity contribution in [2.45, 2.75) is 25.2 Å². The summed E-state index contributed by atoms with van der Waals surface area (Å²) in [7, 11) is 0. The van der Waals surface area contributed by atoms with E-state index in [0.717, 1.165) is 18.4 Å². The van der Waals surface area contributed by atoms with Gasteiger partial charge in [-0.2, -0.15) is 0 Å². The van der Waals surface area contributed by atoms with Crippen LogP contribution in [0, 0.1) is 11.6 Å². The number of benzene rings is 2. The smallest absolute Gasteiger partial charge is 0.321 e. The van der Waals surface area contributed by atoms with Crippen molar-refractivity contribution in [3.8, 4) is 0 Å². The third kappa shape index (κ3) is 4.77. The molecule has 2 heterocycles. The van der Waals surface area contributed by atoms with Crippen LogP contribution in [0.25, 0.3) is 0 Å². The molecule has 2 amide bonds. The fraction of sp³-hybridized carbons (Fsp3) is 0.286. The van der Waals surface area contributed by atoms with Gasteiger partial charge < -0.3 is 14.6 Å². The quantitative estimate of drug-likeness (QED) is 0.709. The molecule has 0 radical (unpaired) electrons. The maximum atomic E-state index is 13.0. The minimum Gasteiger partial charge on any atom is -0.425 e. The van der Waals surface area contributed by atoms with Gasteiger partial charge in [0.25, 0.3) is 0 Å². The monoisotopic (exact) mass is 398 g/mol. The molecule has 0 bridgehead atoms. The molecule has 0 saturated carbocycles. The number of likely N-dealkylation sites (tertiary alicyclic amines) is 1. The van der Waals surface area contributed by atoms with Crippen LogP contribution in [0.2, 0.25) is 0 Å². The largest absolute Gasteiger partial charge is 0.425 e. The number of amides is 2. The molecule has 1 N–H and O–H groups in total. The first kappa shape index (κ1) is 19.0. The Kier molecular flexibility index (Phi) is 5.50. The highest BCUT2D eigenvalue weighted by atomic mass is 19.1. The molecule has 1 aromatic heterocycles. The number of nitrogens with one attached hydrogen (secondary N) is 1. The van der Waals surface area contributed by atoms with Crippen molar-refractivity contribution in [2.24, 2.45) is 0 Å². The molecule has 29 heavy (non-hydrogen) atoms. The number of hydrogen-bond donors (Lipinski definition) is 1. The number of rotatable bonds is 4. The van der Waals surface area contributed by atoms with E-state index < -0.39 is 0 Å². The van der Waals surface area contributed by atoms with Crippen LogP contribution in [0.3, 0.4) is 0 Å². The van der Waals surface area contributed by atoms with E-state index >= 15 is 0 Å². The Labute approximate surface area is 166 Å². The molecule has 1 unspecified atom stereocenters. The first-order valence-electron chi connectivity index (χ1n) is 9.45. The summed E-state index contributed by atoms with van der Waals surface area (Å²) in [5, 5.41) is 11.0. The second-order valence-electron chi connectivity index (χ2n) is 7.06. The number of carbonyl (C=O) groups excluding carboxylic acids is 1. The average Bonchev–Trinajstić information content (AvgIpc) is 3.20. The highest BCUT2D eigenvalue weighted by Crippen LogP contribution is 2.27. The molecule has 1 atom stereocenters. The summed E-state index contributed by atoms with van der Waals surface area (Å²) in [6, 6.07) is 11.6. The van der Waals surface area contributed by atoms with Gasteiger partial charge >= 0.3 is 6.03 Å². The Morgan fingerprint density at radius 3 is 2.48 bits per heavy atom. The predicted molar refractivity (Wildman–Crippen MR) is 102 cm³/mol. The summed E-state index contributed by atoms with van der Waals surface area (Å²) in [5.74, 6) is 0.271. The highest BCUT2D eigenvalue weighted by Gasteiger charge is 2.28. The minimum absolute atomic E-state index is 0.0443. The van der Waals surface area contributed by atoms with Crippen molar-refractivity contribution < 1.29 is 18.0 Å². The maximum Gasteiger partial charge on any atom is 0.321 e. The Hall–Kier alpha value is -3.29. The molecule has 6 nitrogen and oxygen atoms in total. The van der Waals surface area contributed by atoms with Crippen molar-refractivity contribution in [1.29, 1.82) is 0 Å². The lowest BCUT2D eigenvalue weighted by molar-refractivity contribution is 0.186. The van der Waals surface area contributed by atoms with E-state index in [2.05, 4.69) is 15.5 Å². The number of aromatic nitrogens is 2. The first-order chi connectivity index (χ1) is 14.1. The van der Waals surface area contributed by atoms with Gasteiger partial charge in [-0.1, -0.05) is 12.1 Å². The van der Waals surface area contributed by atoms with Crippen LogP contribution in [0.15, 0.2) is 52.9 Å². The van der Waals surface area contributed by atoms with Crippen molar-refractivity contribution in [3.05, 3.63) is 77.5 Å². The van der Waals surface area contributed by atoms with Gasteiger partial charge in [0.2, 0.25) is 11.8 Å². The zero-order chi connectivity index (χ0) is 20.2. The van der Waals surface area contributed by atoms with Crippen LogP contribution in [0.5, 0.6) is 0 Å². The number of urea groups is 1. The number of carbonyl (C=O) groups is 1. The SMILES string of the molecule is O=C(Nc1ccc(F)cc1)N1CCCC(c2nnc(Cc3ccc(F)cc3)o2)C1. The van der Waals surface area contributed by atoms with E-state index in [0.29, 0.717) is 37.0 Å². The summed E-state index contributed by atoms with van der Waals surface area (Å²) < 4.78 is 31.8. The molecule has 3 aromatic rings. The van der Waals surface area contributed by atoms with Gasteiger partial charge in [-0.25, -0.2) is 13.6 Å². The van der Waals surface area contributed by atoms with Crippen LogP contribution < -0.4 is 5.32 Å². The average molecular weight is 398 g/mol. The van der Waals surface area contributed by atoms with Crippen LogP contribution in [0.4, 0.5) is 19.3 Å². The number of hydrogen-bond acceptors (Lipinski definition) is 4. The summed E-state index contributed by atoms with van der Waals surface area (Å²) in [6.07, 6.45) is 2.09. The van der Waals surface area contributed by atoms with E-state index in [9.17, 15) is 13.6 Å². The number of nitrogens with zero attached hydrogens (tertiary/aromatic N) is 3. The molecule has 0 aliphatic carbocycles. The van der Waals surface area contributed by atoms with Crippen molar-refractivity contribution >= 4 is 11.7 Å². The zero-order valence-electron chi connectivity index (χ0n) is 15.6. The van der Waals surface area contributed by atoms with E-state index in [1.807, 2.05) is 0 Å². The van der Waals surface area contributed by atoms with Gasteiger partial charge in [0.15, 0.2) is 0 Å². The number of halogens is 2. The second-order valence-corrected chi connectivity index (χ2v) is 7.06. The van der Waals surface area contributed by atoms with Crippen molar-refractivity contribution in [2.75, 3.05) is 18.4 Å². The lowest BCUT2D eigenvalue weighted by Gasteiger charge is -2.31. The fourth-order valence-corrected chi connectivity index (χ4v) is 3.38. The molecule has 1 aliphatic heterocycles. The molecule has 1 saturated heterocycles. The van der Waals surface area contributed by atoms with Gasteiger partial charge in [0, 0.05) is 18.8 Å². The lowest BCUT2D eigenvalue weighted by Crippen LogP contribution is -2.41. The van der Waals surface area contributed by atoms with E-state index in [-0.39, 0.29) is 23.6 Å². The van der Waals surface area contributed by atoms with Crippen molar-refractivity contribution in [3.63, 3.8) is 0 Å². The summed E-state index contributed by atoms with van der Waals surface area (Å²) in [6.45, 7) is 1.09. The Morgan fingerprint density at radius 1 is 1.07 bits per heavy atom. The molecule has 8 heteroatoms. The molecular weight excluding hydrogens is 378 g/mol. The van der Waals surface area contributed by atoms with Gasteiger partial charge in [0.1, 0.15) is 11.6 Å². The van der Waals surface area contributed by atoms with Crippen LogP contribution in [-0.4, -0.2) is 34.2 Å². The van der Waals surface area contributed by atoms with Gasteiger partial charge in [-0.15, -0.1) is 10.2 Å². The summed E-state index contributed by atoms with van der Waals surface area (Å²) in [5.41, 5.74) is 1.42. The Balaban J connectivity index is 1.38. The van der Waals surface area contributed by atoms with E-state index in [4.69, 9.17) is 4.42 Å². The minimum atomic E-state index is -0.353. The fourth-order valence-electron chi connectivity index (χ4n) is 3.38. The van der Waals surface area contributed by atoms with Crippen LogP contribution in [0.1, 0.15) is 36.1 Å². The molecular formula is C21H20F2N4O2. The molecule has 2 aromatic carbocycles. The third-order valence-corrected chi connectivity index (χ3v) is 4.90. The third-order valence-electron chi connectivity index (χ3n) is 4.90. The molecule has 1 fully saturated rings. The van der Waals surface area contributed by atoms with Gasteiger partial charge in [0.05, 0.1) is 12.3 Å². The van der Waals surface area contributed by atoms with Gasteiger partial charge in [-0.05, 0) is 54.8 Å². The number of piperidine rings is 1. The Morgan fingerprint density at radius 2 is 1.76 bits per heavy atom. The van der Waals surface area contributed by atoms with E-state index in [1.165, 1.54) is 36.4 Å². The number of anilines is 1.